The van der Waals surface area contributed by atoms with Gasteiger partial charge < -0.3 is 10.6 Å². The molecule has 31 heavy (non-hydrogen) atoms. The van der Waals surface area contributed by atoms with Crippen molar-refractivity contribution in [1.29, 1.82) is 0 Å². The summed E-state index contributed by atoms with van der Waals surface area (Å²) in [5.41, 5.74) is 5.49. The molecule has 0 aliphatic heterocycles. The first-order valence-corrected chi connectivity index (χ1v) is 10.2. The summed E-state index contributed by atoms with van der Waals surface area (Å²) in [7, 11) is 0. The van der Waals surface area contributed by atoms with Gasteiger partial charge in [-0.25, -0.2) is 9.97 Å². The third kappa shape index (κ3) is 5.47. The molecule has 1 heterocycles. The van der Waals surface area contributed by atoms with E-state index in [0.717, 1.165) is 22.5 Å². The molecule has 2 N–H and O–H groups in total. The van der Waals surface area contributed by atoms with Gasteiger partial charge in [0.1, 0.15) is 12.1 Å². The molecule has 1 amide bonds. The summed E-state index contributed by atoms with van der Waals surface area (Å²) in [6, 6.07) is 24.8. The number of rotatable bonds is 6. The number of halogens is 1. The predicted octanol–water partition coefficient (Wildman–Crippen LogP) is 5.78. The Hall–Kier alpha value is -3.70. The highest BCUT2D eigenvalue weighted by Gasteiger charge is 2.07. The summed E-state index contributed by atoms with van der Waals surface area (Å²) < 4.78 is 0. The maximum Gasteiger partial charge on any atom is 0.251 e. The highest BCUT2D eigenvalue weighted by atomic mass is 35.5. The number of hydrogen-bond acceptors (Lipinski definition) is 4. The van der Waals surface area contributed by atoms with Crippen LogP contribution in [0.1, 0.15) is 21.5 Å². The van der Waals surface area contributed by atoms with Crippen molar-refractivity contribution in [2.75, 3.05) is 5.32 Å². The molecule has 5 nitrogen and oxygen atoms in total. The fourth-order valence-electron chi connectivity index (χ4n) is 3.05. The second-order valence-corrected chi connectivity index (χ2v) is 7.60. The number of nitrogens with zero attached hydrogens (tertiary/aromatic N) is 2. The third-order valence-electron chi connectivity index (χ3n) is 4.80. The van der Waals surface area contributed by atoms with E-state index in [1.165, 1.54) is 11.9 Å². The van der Waals surface area contributed by atoms with E-state index in [4.69, 9.17) is 11.6 Å². The van der Waals surface area contributed by atoms with E-state index >= 15 is 0 Å². The molecular formula is C25H21ClN4O. The van der Waals surface area contributed by atoms with Crippen LogP contribution in [0.25, 0.3) is 11.3 Å². The third-order valence-corrected chi connectivity index (χ3v) is 5.05. The minimum atomic E-state index is -0.134. The maximum atomic E-state index is 12.4. The Kier molecular flexibility index (Phi) is 6.24. The van der Waals surface area contributed by atoms with E-state index in [1.807, 2.05) is 42.5 Å². The number of benzene rings is 3. The molecule has 6 heteroatoms. The molecule has 0 radical (unpaired) electrons. The topological polar surface area (TPSA) is 66.9 Å². The van der Waals surface area contributed by atoms with E-state index in [1.54, 1.807) is 24.3 Å². The van der Waals surface area contributed by atoms with Crippen molar-refractivity contribution < 1.29 is 4.79 Å². The average molecular weight is 429 g/mol. The van der Waals surface area contributed by atoms with Gasteiger partial charge in [0, 0.05) is 34.4 Å². The quantitative estimate of drug-likeness (QED) is 0.408. The molecule has 1 aromatic heterocycles. The first-order valence-electron chi connectivity index (χ1n) is 9.86. The first-order chi connectivity index (χ1) is 15.1. The minimum Gasteiger partial charge on any atom is -0.348 e. The van der Waals surface area contributed by atoms with Gasteiger partial charge in [-0.3, -0.25) is 4.79 Å². The van der Waals surface area contributed by atoms with E-state index in [2.05, 4.69) is 39.7 Å². The van der Waals surface area contributed by atoms with Crippen molar-refractivity contribution >= 4 is 29.0 Å². The molecular weight excluding hydrogens is 408 g/mol. The summed E-state index contributed by atoms with van der Waals surface area (Å²) in [4.78, 5) is 21.1. The zero-order valence-electron chi connectivity index (χ0n) is 17.0. The molecule has 4 rings (SSSR count). The molecule has 0 unspecified atom stereocenters. The summed E-state index contributed by atoms with van der Waals surface area (Å²) >= 11 is 5.89. The SMILES string of the molecule is Cc1ccc(-c2cc(Nc3ccc(C(=O)NCc4ccc(Cl)cc4)cc3)ncn2)cc1. The molecule has 0 aliphatic rings. The van der Waals surface area contributed by atoms with Gasteiger partial charge >= 0.3 is 0 Å². The molecule has 3 aromatic carbocycles. The predicted molar refractivity (Wildman–Crippen MR) is 125 cm³/mol. The number of aryl methyl sites for hydroxylation is 1. The van der Waals surface area contributed by atoms with Crippen molar-refractivity contribution in [3.63, 3.8) is 0 Å². The average Bonchev–Trinajstić information content (AvgIpc) is 2.80. The fraction of sp³-hybridized carbons (Fsp3) is 0.0800. The summed E-state index contributed by atoms with van der Waals surface area (Å²) in [5, 5.41) is 6.84. The van der Waals surface area contributed by atoms with Gasteiger partial charge in [-0.2, -0.15) is 0 Å². The highest BCUT2D eigenvalue weighted by Crippen LogP contribution is 2.22. The Morgan fingerprint density at radius 3 is 2.32 bits per heavy atom. The standard InChI is InChI=1S/C25H21ClN4O/c1-17-2-6-19(7-3-17)23-14-24(29-16-28-23)30-22-12-8-20(9-13-22)25(31)27-15-18-4-10-21(26)11-5-18/h2-14,16H,15H2,1H3,(H,27,31)(H,28,29,30). The molecule has 154 valence electrons. The normalized spacial score (nSPS) is 10.5. The van der Waals surface area contributed by atoms with Gasteiger partial charge in [0.05, 0.1) is 5.69 Å². The Balaban J connectivity index is 1.39. The van der Waals surface area contributed by atoms with Gasteiger partial charge in [0.15, 0.2) is 0 Å². The lowest BCUT2D eigenvalue weighted by molar-refractivity contribution is 0.0951. The molecule has 0 saturated carbocycles. The second kappa shape index (κ2) is 9.41. The highest BCUT2D eigenvalue weighted by molar-refractivity contribution is 6.30. The number of hydrogen-bond donors (Lipinski definition) is 2. The van der Waals surface area contributed by atoms with Crippen molar-refractivity contribution in [3.8, 4) is 11.3 Å². The monoisotopic (exact) mass is 428 g/mol. The maximum absolute atomic E-state index is 12.4. The fourth-order valence-corrected chi connectivity index (χ4v) is 3.17. The van der Waals surface area contributed by atoms with Crippen LogP contribution in [0.2, 0.25) is 5.02 Å². The Morgan fingerprint density at radius 1 is 0.903 bits per heavy atom. The summed E-state index contributed by atoms with van der Waals surface area (Å²) in [5.74, 6) is 0.552. The van der Waals surface area contributed by atoms with E-state index < -0.39 is 0 Å². The van der Waals surface area contributed by atoms with Crippen LogP contribution in [0, 0.1) is 6.92 Å². The van der Waals surface area contributed by atoms with E-state index in [0.29, 0.717) is 22.9 Å². The van der Waals surface area contributed by atoms with E-state index in [9.17, 15) is 4.79 Å². The van der Waals surface area contributed by atoms with Gasteiger partial charge in [0.2, 0.25) is 0 Å². The molecule has 0 bridgehead atoms. The molecule has 0 saturated heterocycles. The lowest BCUT2D eigenvalue weighted by Gasteiger charge is -2.09. The zero-order chi connectivity index (χ0) is 21.6. The molecule has 4 aromatic rings. The van der Waals surface area contributed by atoms with Crippen LogP contribution in [-0.4, -0.2) is 15.9 Å². The number of nitrogens with one attached hydrogen (secondary N) is 2. The smallest absolute Gasteiger partial charge is 0.251 e. The lowest BCUT2D eigenvalue weighted by Crippen LogP contribution is -2.22. The summed E-state index contributed by atoms with van der Waals surface area (Å²) in [6.07, 6.45) is 1.54. The molecule has 0 aliphatic carbocycles. The second-order valence-electron chi connectivity index (χ2n) is 7.17. The number of anilines is 2. The van der Waals surface area contributed by atoms with Crippen molar-refractivity contribution in [2.24, 2.45) is 0 Å². The molecule has 0 atom stereocenters. The molecule has 0 fully saturated rings. The zero-order valence-corrected chi connectivity index (χ0v) is 17.7. The number of amides is 1. The van der Waals surface area contributed by atoms with Gasteiger partial charge in [0.25, 0.3) is 5.91 Å². The first kappa shape index (κ1) is 20.6. The summed E-state index contributed by atoms with van der Waals surface area (Å²) in [6.45, 7) is 2.50. The molecule has 0 spiro atoms. The van der Waals surface area contributed by atoms with Crippen molar-refractivity contribution in [1.82, 2.24) is 15.3 Å². The van der Waals surface area contributed by atoms with Crippen molar-refractivity contribution in [3.05, 3.63) is 107 Å². The van der Waals surface area contributed by atoms with Crippen LogP contribution in [-0.2, 0) is 6.54 Å². The number of aromatic nitrogens is 2. The van der Waals surface area contributed by atoms with Gasteiger partial charge in [-0.1, -0.05) is 53.6 Å². The van der Waals surface area contributed by atoms with Crippen LogP contribution in [0.5, 0.6) is 0 Å². The largest absolute Gasteiger partial charge is 0.348 e. The van der Waals surface area contributed by atoms with Crippen molar-refractivity contribution in [2.45, 2.75) is 13.5 Å². The van der Waals surface area contributed by atoms with Crippen LogP contribution in [0.3, 0.4) is 0 Å². The Morgan fingerprint density at radius 2 is 1.61 bits per heavy atom. The van der Waals surface area contributed by atoms with Crippen LogP contribution in [0.4, 0.5) is 11.5 Å². The lowest BCUT2D eigenvalue weighted by atomic mass is 10.1. The van der Waals surface area contributed by atoms with Gasteiger partial charge in [-0.05, 0) is 48.9 Å². The van der Waals surface area contributed by atoms with E-state index in [-0.39, 0.29) is 5.91 Å². The number of carbonyl (C=O) groups excluding carboxylic acids is 1. The van der Waals surface area contributed by atoms with Crippen LogP contribution < -0.4 is 10.6 Å². The number of carbonyl (C=O) groups is 1. The van der Waals surface area contributed by atoms with Crippen LogP contribution >= 0.6 is 11.6 Å². The van der Waals surface area contributed by atoms with Gasteiger partial charge in [-0.15, -0.1) is 0 Å². The Labute approximate surface area is 186 Å². The Bertz CT molecular complexity index is 1170. The minimum absolute atomic E-state index is 0.134. The van der Waals surface area contributed by atoms with Crippen LogP contribution in [0.15, 0.2) is 85.2 Å².